The lowest BCUT2D eigenvalue weighted by Gasteiger charge is -2.42. The first kappa shape index (κ1) is 22.3. The van der Waals surface area contributed by atoms with Crippen molar-refractivity contribution < 1.29 is 4.39 Å². The Balaban J connectivity index is 1.88. The van der Waals surface area contributed by atoms with Crippen molar-refractivity contribution >= 4 is 28.1 Å². The van der Waals surface area contributed by atoms with E-state index >= 15 is 0 Å². The molecule has 3 aromatic rings. The predicted octanol–water partition coefficient (Wildman–Crippen LogP) is 6.80. The Kier molecular flexibility index (Phi) is 6.47. The maximum Gasteiger partial charge on any atom is 0.123 e. The SMILES string of the molecule is Cc1cc(C2=C(c3ccc(F)cc3)N(C(C)(C)C)CN=C2SCc2ccccc2)ccn1. The molecule has 0 saturated heterocycles. The number of halogens is 1. The number of hydrogen-bond acceptors (Lipinski definition) is 4. The Hall–Kier alpha value is -2.92. The van der Waals surface area contributed by atoms with Gasteiger partial charge in [0, 0.05) is 28.8 Å². The first-order valence-electron chi connectivity index (χ1n) is 10.8. The van der Waals surface area contributed by atoms with E-state index in [9.17, 15) is 4.39 Å². The highest BCUT2D eigenvalue weighted by molar-refractivity contribution is 8.14. The monoisotopic (exact) mass is 445 g/mol. The molecular weight excluding hydrogens is 417 g/mol. The van der Waals surface area contributed by atoms with Crippen molar-refractivity contribution in [2.45, 2.75) is 39.0 Å². The molecule has 0 aliphatic carbocycles. The lowest BCUT2D eigenvalue weighted by Crippen LogP contribution is -2.42. The fourth-order valence-corrected chi connectivity index (χ4v) is 4.79. The number of rotatable bonds is 4. The van der Waals surface area contributed by atoms with Crippen LogP contribution in [-0.4, -0.2) is 27.1 Å². The van der Waals surface area contributed by atoms with Gasteiger partial charge in [-0.25, -0.2) is 4.39 Å². The van der Waals surface area contributed by atoms with Crippen LogP contribution >= 0.6 is 11.8 Å². The van der Waals surface area contributed by atoms with Crippen molar-refractivity contribution in [3.63, 3.8) is 0 Å². The second-order valence-corrected chi connectivity index (χ2v) is 9.86. The lowest BCUT2D eigenvalue weighted by molar-refractivity contribution is 0.227. The van der Waals surface area contributed by atoms with Gasteiger partial charge in [-0.15, -0.1) is 11.8 Å². The predicted molar refractivity (Wildman–Crippen MR) is 134 cm³/mol. The zero-order chi connectivity index (χ0) is 22.7. The number of aryl methyl sites for hydroxylation is 1. The van der Waals surface area contributed by atoms with Gasteiger partial charge in [0.25, 0.3) is 0 Å². The minimum absolute atomic E-state index is 0.157. The molecule has 3 nitrogen and oxygen atoms in total. The molecule has 1 aliphatic rings. The summed E-state index contributed by atoms with van der Waals surface area (Å²) in [4.78, 5) is 11.7. The van der Waals surface area contributed by atoms with E-state index < -0.39 is 0 Å². The average Bonchev–Trinajstić information content (AvgIpc) is 2.77. The molecule has 0 unspecified atom stereocenters. The molecule has 4 rings (SSSR count). The van der Waals surface area contributed by atoms with E-state index in [4.69, 9.17) is 4.99 Å². The zero-order valence-electron chi connectivity index (χ0n) is 19.0. The van der Waals surface area contributed by atoms with Gasteiger partial charge < -0.3 is 4.90 Å². The second-order valence-electron chi connectivity index (χ2n) is 8.89. The van der Waals surface area contributed by atoms with Crippen LogP contribution in [0.3, 0.4) is 0 Å². The smallest absolute Gasteiger partial charge is 0.123 e. The van der Waals surface area contributed by atoms with Gasteiger partial charge >= 0.3 is 0 Å². The van der Waals surface area contributed by atoms with Gasteiger partial charge in [-0.05, 0) is 80.8 Å². The molecule has 0 radical (unpaired) electrons. The van der Waals surface area contributed by atoms with Crippen LogP contribution in [0, 0.1) is 12.7 Å². The van der Waals surface area contributed by atoms with Crippen molar-refractivity contribution in [3.8, 4) is 0 Å². The Morgan fingerprint density at radius 3 is 2.34 bits per heavy atom. The highest BCUT2D eigenvalue weighted by Gasteiger charge is 2.32. The fraction of sp³-hybridized carbons (Fsp3) is 0.259. The van der Waals surface area contributed by atoms with Crippen molar-refractivity contribution in [1.82, 2.24) is 9.88 Å². The highest BCUT2D eigenvalue weighted by Crippen LogP contribution is 2.40. The van der Waals surface area contributed by atoms with Crippen LogP contribution in [0.1, 0.15) is 43.2 Å². The molecule has 0 fully saturated rings. The maximum absolute atomic E-state index is 13.8. The first-order valence-corrected chi connectivity index (χ1v) is 11.7. The van der Waals surface area contributed by atoms with Gasteiger partial charge in [0.15, 0.2) is 0 Å². The van der Waals surface area contributed by atoms with E-state index in [-0.39, 0.29) is 11.4 Å². The van der Waals surface area contributed by atoms with Crippen LogP contribution in [0.4, 0.5) is 4.39 Å². The van der Waals surface area contributed by atoms with Crippen molar-refractivity contribution in [3.05, 3.63) is 101 Å². The lowest BCUT2D eigenvalue weighted by atomic mass is 9.94. The van der Waals surface area contributed by atoms with Crippen LogP contribution in [0.5, 0.6) is 0 Å². The number of aliphatic imine (C=N–C) groups is 1. The molecule has 32 heavy (non-hydrogen) atoms. The molecule has 0 N–H and O–H groups in total. The van der Waals surface area contributed by atoms with Gasteiger partial charge in [-0.3, -0.25) is 9.98 Å². The Morgan fingerprint density at radius 1 is 0.969 bits per heavy atom. The van der Waals surface area contributed by atoms with E-state index in [1.807, 2.05) is 37.4 Å². The number of pyridine rings is 1. The van der Waals surface area contributed by atoms with E-state index in [0.717, 1.165) is 38.9 Å². The molecule has 0 bridgehead atoms. The number of benzene rings is 2. The van der Waals surface area contributed by atoms with Crippen LogP contribution < -0.4 is 0 Å². The Labute approximate surface area is 194 Å². The summed E-state index contributed by atoms with van der Waals surface area (Å²) in [6.07, 6.45) is 1.84. The molecule has 0 spiro atoms. The third-order valence-corrected chi connectivity index (χ3v) is 6.49. The number of aromatic nitrogens is 1. The molecule has 0 saturated carbocycles. The summed E-state index contributed by atoms with van der Waals surface area (Å²) in [6.45, 7) is 9.11. The summed E-state index contributed by atoms with van der Waals surface area (Å²) < 4.78 is 13.8. The molecule has 2 heterocycles. The van der Waals surface area contributed by atoms with Gasteiger partial charge in [0.1, 0.15) is 17.5 Å². The first-order chi connectivity index (χ1) is 15.3. The molecule has 1 aliphatic heterocycles. The van der Waals surface area contributed by atoms with Crippen LogP contribution in [0.15, 0.2) is 77.9 Å². The highest BCUT2D eigenvalue weighted by atomic mass is 32.2. The topological polar surface area (TPSA) is 28.5 Å². The molecule has 1 aromatic heterocycles. The maximum atomic E-state index is 13.8. The van der Waals surface area contributed by atoms with Crippen molar-refractivity contribution in [2.24, 2.45) is 4.99 Å². The normalized spacial score (nSPS) is 14.5. The average molecular weight is 446 g/mol. The van der Waals surface area contributed by atoms with Crippen LogP contribution in [0.2, 0.25) is 0 Å². The van der Waals surface area contributed by atoms with Crippen LogP contribution in [0.25, 0.3) is 11.3 Å². The standard InChI is InChI=1S/C27H28FN3S/c1-19-16-22(14-15-29-19)24-25(21-10-12-23(28)13-11-21)31(27(2,3)4)18-30-26(24)32-17-20-8-6-5-7-9-20/h5-16H,17-18H2,1-4H3. The minimum atomic E-state index is -0.235. The van der Waals surface area contributed by atoms with E-state index in [0.29, 0.717) is 6.67 Å². The Bertz CT molecular complexity index is 1150. The molecular formula is C27H28FN3S. The quantitative estimate of drug-likeness (QED) is 0.442. The zero-order valence-corrected chi connectivity index (χ0v) is 19.8. The van der Waals surface area contributed by atoms with E-state index in [1.54, 1.807) is 11.8 Å². The summed E-state index contributed by atoms with van der Waals surface area (Å²) >= 11 is 1.74. The summed E-state index contributed by atoms with van der Waals surface area (Å²) in [7, 11) is 0. The summed E-state index contributed by atoms with van der Waals surface area (Å²) in [5.74, 6) is 0.598. The molecule has 0 atom stereocenters. The summed E-state index contributed by atoms with van der Waals surface area (Å²) in [5.41, 5.74) is 6.26. The largest absolute Gasteiger partial charge is 0.346 e. The van der Waals surface area contributed by atoms with Crippen LogP contribution in [-0.2, 0) is 5.75 Å². The summed E-state index contributed by atoms with van der Waals surface area (Å²) in [5, 5.41) is 0.999. The van der Waals surface area contributed by atoms with E-state index in [1.165, 1.54) is 17.7 Å². The van der Waals surface area contributed by atoms with Gasteiger partial charge in [0.05, 0.1) is 5.70 Å². The number of nitrogens with zero attached hydrogens (tertiary/aromatic N) is 3. The van der Waals surface area contributed by atoms with Crippen molar-refractivity contribution in [1.29, 1.82) is 0 Å². The molecule has 2 aromatic carbocycles. The van der Waals surface area contributed by atoms with E-state index in [2.05, 4.69) is 61.0 Å². The van der Waals surface area contributed by atoms with Gasteiger partial charge in [0.2, 0.25) is 0 Å². The van der Waals surface area contributed by atoms with Gasteiger partial charge in [-0.1, -0.05) is 30.3 Å². The van der Waals surface area contributed by atoms with Gasteiger partial charge in [-0.2, -0.15) is 0 Å². The summed E-state index contributed by atoms with van der Waals surface area (Å²) in [6, 6.07) is 21.4. The fourth-order valence-electron chi connectivity index (χ4n) is 3.78. The minimum Gasteiger partial charge on any atom is -0.346 e. The molecule has 164 valence electrons. The number of thioether (sulfide) groups is 1. The molecule has 5 heteroatoms. The van der Waals surface area contributed by atoms with Crippen molar-refractivity contribution in [2.75, 3.05) is 6.67 Å². The Morgan fingerprint density at radius 2 is 1.69 bits per heavy atom. The second kappa shape index (κ2) is 9.29. The number of hydrogen-bond donors (Lipinski definition) is 0. The molecule has 0 amide bonds. The third-order valence-electron chi connectivity index (χ3n) is 5.41. The third kappa shape index (κ3) is 4.94.